The van der Waals surface area contributed by atoms with Crippen LogP contribution in [0.15, 0.2) is 54.9 Å². The van der Waals surface area contributed by atoms with Gasteiger partial charge in [0.1, 0.15) is 29.0 Å². The van der Waals surface area contributed by atoms with E-state index in [4.69, 9.17) is 0 Å². The molecular weight excluding hydrogens is 333 g/mol. The molecule has 2 aromatic carbocycles. The normalized spacial score (nSPS) is 10.4. The van der Waals surface area contributed by atoms with Gasteiger partial charge in [0.2, 0.25) is 0 Å². The fourth-order valence-electron chi connectivity index (χ4n) is 1.97. The molecular formula is C17H11F3N4O. The third kappa shape index (κ3) is 4.11. The summed E-state index contributed by atoms with van der Waals surface area (Å²) in [6, 6.07) is 8.42. The van der Waals surface area contributed by atoms with E-state index in [1.165, 1.54) is 36.7 Å². The second-order valence-electron chi connectivity index (χ2n) is 5.00. The maximum Gasteiger partial charge on any atom is 0.275 e. The first-order chi connectivity index (χ1) is 12.0. The van der Waals surface area contributed by atoms with Crippen LogP contribution in [0.4, 0.5) is 30.4 Å². The minimum atomic E-state index is -0.893. The van der Waals surface area contributed by atoms with E-state index >= 15 is 0 Å². The van der Waals surface area contributed by atoms with E-state index < -0.39 is 17.5 Å². The maximum absolute atomic E-state index is 13.5. The van der Waals surface area contributed by atoms with Crippen LogP contribution in [0.3, 0.4) is 0 Å². The van der Waals surface area contributed by atoms with Gasteiger partial charge in [0.25, 0.3) is 5.91 Å². The van der Waals surface area contributed by atoms with E-state index in [9.17, 15) is 18.0 Å². The number of rotatable bonds is 4. The predicted molar refractivity (Wildman–Crippen MR) is 86.0 cm³/mol. The molecule has 0 aliphatic heterocycles. The van der Waals surface area contributed by atoms with E-state index in [0.717, 1.165) is 12.1 Å². The van der Waals surface area contributed by atoms with Crippen molar-refractivity contribution < 1.29 is 18.0 Å². The highest BCUT2D eigenvalue weighted by Gasteiger charge is 2.12. The fraction of sp³-hybridized carbons (Fsp3) is 0. The quantitative estimate of drug-likeness (QED) is 0.753. The number of nitrogens with one attached hydrogen (secondary N) is 2. The van der Waals surface area contributed by atoms with Crippen LogP contribution in [-0.4, -0.2) is 15.9 Å². The third-order valence-corrected chi connectivity index (χ3v) is 3.18. The molecule has 5 nitrogen and oxygen atoms in total. The Hall–Kier alpha value is -3.42. The summed E-state index contributed by atoms with van der Waals surface area (Å²) in [5.74, 6) is -2.35. The van der Waals surface area contributed by atoms with Gasteiger partial charge in [-0.15, -0.1) is 0 Å². The van der Waals surface area contributed by atoms with Crippen molar-refractivity contribution in [2.45, 2.75) is 0 Å². The summed E-state index contributed by atoms with van der Waals surface area (Å²) in [5.41, 5.74) is 0.386. The topological polar surface area (TPSA) is 66.9 Å². The highest BCUT2D eigenvalue weighted by atomic mass is 19.1. The van der Waals surface area contributed by atoms with Crippen LogP contribution in [0.25, 0.3) is 0 Å². The van der Waals surface area contributed by atoms with Crippen molar-refractivity contribution in [2.24, 2.45) is 0 Å². The first kappa shape index (κ1) is 16.4. The van der Waals surface area contributed by atoms with E-state index in [1.807, 2.05) is 0 Å². The van der Waals surface area contributed by atoms with E-state index in [2.05, 4.69) is 20.6 Å². The van der Waals surface area contributed by atoms with E-state index in [-0.39, 0.29) is 17.2 Å². The summed E-state index contributed by atoms with van der Waals surface area (Å²) < 4.78 is 39.2. The monoisotopic (exact) mass is 344 g/mol. The Bertz CT molecular complexity index is 899. The minimum Gasteiger partial charge on any atom is -0.339 e. The van der Waals surface area contributed by atoms with Crippen LogP contribution < -0.4 is 10.6 Å². The van der Waals surface area contributed by atoms with Crippen molar-refractivity contribution in [3.8, 4) is 0 Å². The van der Waals surface area contributed by atoms with Crippen LogP contribution in [0.1, 0.15) is 10.5 Å². The maximum atomic E-state index is 13.5. The first-order valence-electron chi connectivity index (χ1n) is 7.12. The lowest BCUT2D eigenvalue weighted by Crippen LogP contribution is -2.15. The molecule has 0 bridgehead atoms. The predicted octanol–water partition coefficient (Wildman–Crippen LogP) is 3.89. The molecule has 0 saturated carbocycles. The van der Waals surface area contributed by atoms with Crippen LogP contribution in [0.5, 0.6) is 0 Å². The van der Waals surface area contributed by atoms with Gasteiger partial charge in [-0.25, -0.2) is 23.1 Å². The summed E-state index contributed by atoms with van der Waals surface area (Å²) in [6.45, 7) is 0. The molecule has 1 aromatic heterocycles. The zero-order valence-corrected chi connectivity index (χ0v) is 12.6. The summed E-state index contributed by atoms with van der Waals surface area (Å²) in [5, 5.41) is 5.17. The van der Waals surface area contributed by atoms with E-state index in [0.29, 0.717) is 17.6 Å². The van der Waals surface area contributed by atoms with Crippen LogP contribution >= 0.6 is 0 Å². The first-order valence-corrected chi connectivity index (χ1v) is 7.12. The molecule has 0 atom stereocenters. The van der Waals surface area contributed by atoms with Crippen molar-refractivity contribution in [3.63, 3.8) is 0 Å². The van der Waals surface area contributed by atoms with Crippen molar-refractivity contribution in [3.05, 3.63) is 78.0 Å². The number of anilines is 3. The Kier molecular flexibility index (Phi) is 4.60. The van der Waals surface area contributed by atoms with Crippen molar-refractivity contribution in [1.82, 2.24) is 9.97 Å². The smallest absolute Gasteiger partial charge is 0.275 e. The number of hydrogen-bond acceptors (Lipinski definition) is 4. The summed E-state index contributed by atoms with van der Waals surface area (Å²) in [4.78, 5) is 20.0. The van der Waals surface area contributed by atoms with Gasteiger partial charge >= 0.3 is 0 Å². The van der Waals surface area contributed by atoms with Crippen LogP contribution in [0, 0.1) is 17.5 Å². The zero-order valence-electron chi connectivity index (χ0n) is 12.6. The standard InChI is InChI=1S/C17H11F3N4O/c18-10-1-4-12(5-2-10)23-16-9-21-15(8-22-16)17(25)24-14-6-3-11(19)7-13(14)20/h1-9H,(H,22,23)(H,24,25). The molecule has 8 heteroatoms. The minimum absolute atomic E-state index is 0.0478. The van der Waals surface area contributed by atoms with Crippen LogP contribution in [0.2, 0.25) is 0 Å². The summed E-state index contributed by atoms with van der Waals surface area (Å²) in [6.07, 6.45) is 2.50. The molecule has 0 spiro atoms. The molecule has 3 rings (SSSR count). The van der Waals surface area contributed by atoms with Crippen molar-refractivity contribution in [2.75, 3.05) is 10.6 Å². The fourth-order valence-corrected chi connectivity index (χ4v) is 1.97. The van der Waals surface area contributed by atoms with Gasteiger partial charge in [-0.1, -0.05) is 0 Å². The lowest BCUT2D eigenvalue weighted by Gasteiger charge is -2.07. The number of halogens is 3. The molecule has 0 aliphatic carbocycles. The van der Waals surface area contributed by atoms with Gasteiger partial charge in [-0.2, -0.15) is 0 Å². The highest BCUT2D eigenvalue weighted by molar-refractivity contribution is 6.02. The lowest BCUT2D eigenvalue weighted by atomic mass is 10.3. The summed E-state index contributed by atoms with van der Waals surface area (Å²) >= 11 is 0. The number of carbonyl (C=O) groups excluding carboxylic acids is 1. The van der Waals surface area contributed by atoms with Gasteiger partial charge in [-0.05, 0) is 36.4 Å². The number of nitrogens with zero attached hydrogens (tertiary/aromatic N) is 2. The average Bonchev–Trinajstić information content (AvgIpc) is 2.60. The van der Waals surface area contributed by atoms with Gasteiger partial charge in [0.15, 0.2) is 0 Å². The number of amides is 1. The SMILES string of the molecule is O=C(Nc1ccc(F)cc1F)c1cnc(Nc2ccc(F)cc2)cn1. The van der Waals surface area contributed by atoms with E-state index in [1.54, 1.807) is 0 Å². The van der Waals surface area contributed by atoms with Gasteiger partial charge < -0.3 is 10.6 Å². The van der Waals surface area contributed by atoms with Crippen molar-refractivity contribution >= 4 is 23.1 Å². The van der Waals surface area contributed by atoms with Crippen LogP contribution in [-0.2, 0) is 0 Å². The highest BCUT2D eigenvalue weighted by Crippen LogP contribution is 2.17. The van der Waals surface area contributed by atoms with Gasteiger partial charge in [-0.3, -0.25) is 4.79 Å². The Morgan fingerprint density at radius 1 is 0.880 bits per heavy atom. The Morgan fingerprint density at radius 2 is 1.60 bits per heavy atom. The average molecular weight is 344 g/mol. The van der Waals surface area contributed by atoms with Gasteiger partial charge in [0.05, 0.1) is 18.1 Å². The Balaban J connectivity index is 1.68. The molecule has 3 aromatic rings. The zero-order chi connectivity index (χ0) is 17.8. The molecule has 0 fully saturated rings. The molecule has 126 valence electrons. The Morgan fingerprint density at radius 3 is 2.24 bits per heavy atom. The number of benzene rings is 2. The Labute approximate surface area is 140 Å². The number of carbonyl (C=O) groups is 1. The molecule has 1 heterocycles. The molecule has 0 unspecified atom stereocenters. The molecule has 2 N–H and O–H groups in total. The second-order valence-corrected chi connectivity index (χ2v) is 5.00. The molecule has 25 heavy (non-hydrogen) atoms. The lowest BCUT2D eigenvalue weighted by molar-refractivity contribution is 0.102. The van der Waals surface area contributed by atoms with Gasteiger partial charge in [0, 0.05) is 11.8 Å². The molecule has 0 saturated heterocycles. The molecule has 0 aliphatic rings. The second kappa shape index (κ2) is 7.00. The molecule has 0 radical (unpaired) electrons. The molecule has 1 amide bonds. The summed E-state index contributed by atoms with van der Waals surface area (Å²) in [7, 11) is 0. The third-order valence-electron chi connectivity index (χ3n) is 3.18. The number of hydrogen-bond donors (Lipinski definition) is 2. The van der Waals surface area contributed by atoms with Crippen molar-refractivity contribution in [1.29, 1.82) is 0 Å². The number of aromatic nitrogens is 2. The largest absolute Gasteiger partial charge is 0.339 e.